The van der Waals surface area contributed by atoms with Gasteiger partial charge in [-0.05, 0) is 24.7 Å². The molecule has 0 amide bonds. The van der Waals surface area contributed by atoms with Gasteiger partial charge in [0.2, 0.25) is 0 Å². The molecule has 0 aromatic heterocycles. The zero-order chi connectivity index (χ0) is 6.85. The number of hydrogen-bond donors (Lipinski definition) is 0. The molecule has 0 aliphatic carbocycles. The van der Waals surface area contributed by atoms with E-state index in [9.17, 15) is 0 Å². The molecule has 10 heavy (non-hydrogen) atoms. The fourth-order valence-corrected chi connectivity index (χ4v) is 1.01. The van der Waals surface area contributed by atoms with Gasteiger partial charge in [0.1, 0.15) is 0 Å². The Balaban J connectivity index is 0.000000810. The Morgan fingerprint density at radius 3 is 2.20 bits per heavy atom. The van der Waals surface area contributed by atoms with Crippen LogP contribution >= 0.6 is 9.24 Å². The van der Waals surface area contributed by atoms with Gasteiger partial charge in [0.05, 0.1) is 0 Å². The summed E-state index contributed by atoms with van der Waals surface area (Å²) in [4.78, 5) is 0. The number of benzene rings is 1. The SMILES string of the molecule is Cc1ccc(P)c(C)c1.[Pb]. The van der Waals surface area contributed by atoms with Gasteiger partial charge in [0.15, 0.2) is 0 Å². The number of rotatable bonds is 0. The van der Waals surface area contributed by atoms with Crippen molar-refractivity contribution in [1.29, 1.82) is 0 Å². The van der Waals surface area contributed by atoms with Crippen molar-refractivity contribution in [2.75, 3.05) is 0 Å². The summed E-state index contributed by atoms with van der Waals surface area (Å²) >= 11 is 0. The van der Waals surface area contributed by atoms with E-state index in [1.54, 1.807) is 0 Å². The van der Waals surface area contributed by atoms with Crippen LogP contribution in [0.25, 0.3) is 0 Å². The fourth-order valence-electron chi connectivity index (χ4n) is 0.826. The normalized spacial score (nSPS) is 8.70. The minimum Gasteiger partial charge on any atom is -0.105 e. The summed E-state index contributed by atoms with van der Waals surface area (Å²) in [5, 5.41) is 1.29. The van der Waals surface area contributed by atoms with Gasteiger partial charge in [-0.3, -0.25) is 0 Å². The maximum absolute atomic E-state index is 2.71. The van der Waals surface area contributed by atoms with Gasteiger partial charge in [0, 0.05) is 27.3 Å². The first-order chi connectivity index (χ1) is 4.20. The van der Waals surface area contributed by atoms with Crippen molar-refractivity contribution >= 4 is 41.8 Å². The molecule has 0 N–H and O–H groups in total. The van der Waals surface area contributed by atoms with Crippen molar-refractivity contribution in [2.24, 2.45) is 0 Å². The van der Waals surface area contributed by atoms with Crippen LogP contribution in [0.4, 0.5) is 0 Å². The second-order valence-corrected chi connectivity index (χ2v) is 2.98. The van der Waals surface area contributed by atoms with Crippen molar-refractivity contribution in [3.8, 4) is 0 Å². The molecule has 0 aliphatic rings. The molecule has 1 atom stereocenters. The van der Waals surface area contributed by atoms with Crippen molar-refractivity contribution < 1.29 is 0 Å². The molecule has 1 aromatic rings. The zero-order valence-electron chi connectivity index (χ0n) is 6.31. The summed E-state index contributed by atoms with van der Waals surface area (Å²) in [7, 11) is 2.71. The molecule has 0 aliphatic heterocycles. The van der Waals surface area contributed by atoms with E-state index in [1.807, 2.05) is 0 Å². The van der Waals surface area contributed by atoms with E-state index in [4.69, 9.17) is 0 Å². The predicted molar refractivity (Wildman–Crippen MR) is 51.0 cm³/mol. The Labute approximate surface area is 84.8 Å². The van der Waals surface area contributed by atoms with Crippen LogP contribution in [-0.2, 0) is 0 Å². The van der Waals surface area contributed by atoms with Crippen LogP contribution in [0.2, 0.25) is 0 Å². The summed E-state index contributed by atoms with van der Waals surface area (Å²) in [6.45, 7) is 4.23. The average Bonchev–Trinajstić information content (AvgIpc) is 1.80. The van der Waals surface area contributed by atoms with E-state index < -0.39 is 0 Å². The van der Waals surface area contributed by atoms with E-state index in [-0.39, 0.29) is 27.3 Å². The first-order valence-electron chi connectivity index (χ1n) is 3.03. The van der Waals surface area contributed by atoms with E-state index in [2.05, 4.69) is 41.3 Å². The second-order valence-electron chi connectivity index (χ2n) is 2.36. The molecule has 0 spiro atoms. The summed E-state index contributed by atoms with van der Waals surface area (Å²) < 4.78 is 0. The van der Waals surface area contributed by atoms with Gasteiger partial charge in [-0.15, -0.1) is 9.24 Å². The van der Waals surface area contributed by atoms with Crippen LogP contribution in [0.15, 0.2) is 18.2 Å². The molecule has 2 heteroatoms. The number of aryl methyl sites for hydroxylation is 2. The molecule has 0 nitrogen and oxygen atoms in total. The maximum Gasteiger partial charge on any atom is 0 e. The molecule has 0 heterocycles. The second kappa shape index (κ2) is 4.45. The van der Waals surface area contributed by atoms with Gasteiger partial charge >= 0.3 is 0 Å². The third kappa shape index (κ3) is 2.67. The average molecular weight is 345 g/mol. The fraction of sp³-hybridized carbons (Fsp3) is 0.250. The molecule has 1 unspecified atom stereocenters. The minimum atomic E-state index is 0. The summed E-state index contributed by atoms with van der Waals surface area (Å²) in [5.74, 6) is 0. The topological polar surface area (TPSA) is 0 Å². The molecule has 1 aromatic carbocycles. The molecular weight excluding hydrogens is 334 g/mol. The predicted octanol–water partition coefficient (Wildman–Crippen LogP) is 1.42. The van der Waals surface area contributed by atoms with Crippen molar-refractivity contribution in [2.45, 2.75) is 13.8 Å². The number of hydrogen-bond acceptors (Lipinski definition) is 0. The molecular formula is C8H11PPb. The van der Waals surface area contributed by atoms with Crippen LogP contribution < -0.4 is 5.30 Å². The smallest absolute Gasteiger partial charge is 0 e. The summed E-state index contributed by atoms with van der Waals surface area (Å²) in [6, 6.07) is 6.42. The first kappa shape index (κ1) is 10.6. The van der Waals surface area contributed by atoms with E-state index in [0.717, 1.165) is 0 Å². The van der Waals surface area contributed by atoms with Crippen LogP contribution in [0, 0.1) is 13.8 Å². The summed E-state index contributed by atoms with van der Waals surface area (Å²) in [6.07, 6.45) is 0. The van der Waals surface area contributed by atoms with E-state index in [0.29, 0.717) is 0 Å². The van der Waals surface area contributed by atoms with Crippen LogP contribution in [0.5, 0.6) is 0 Å². The molecule has 1 rings (SSSR count). The van der Waals surface area contributed by atoms with E-state index >= 15 is 0 Å². The van der Waals surface area contributed by atoms with Crippen LogP contribution in [0.3, 0.4) is 0 Å². The Kier molecular flexibility index (Phi) is 4.70. The molecule has 0 saturated heterocycles. The first-order valence-corrected chi connectivity index (χ1v) is 3.60. The van der Waals surface area contributed by atoms with E-state index in [1.165, 1.54) is 16.4 Å². The Morgan fingerprint density at radius 2 is 1.80 bits per heavy atom. The minimum absolute atomic E-state index is 0. The molecule has 0 saturated carbocycles. The van der Waals surface area contributed by atoms with Gasteiger partial charge in [-0.2, -0.15) is 0 Å². The van der Waals surface area contributed by atoms with Gasteiger partial charge in [-0.25, -0.2) is 0 Å². The zero-order valence-corrected chi connectivity index (χ0v) is 11.4. The quantitative estimate of drug-likeness (QED) is 0.493. The largest absolute Gasteiger partial charge is 0.105 e. The standard InChI is InChI=1S/C8H11P.Pb/c1-6-3-4-8(9)7(2)5-6;/h3-5H,9H2,1-2H3;. The molecule has 4 radical (unpaired) electrons. The van der Waals surface area contributed by atoms with Crippen LogP contribution in [-0.4, -0.2) is 27.3 Å². The Hall–Kier alpha value is 0.572. The maximum atomic E-state index is 2.71. The van der Waals surface area contributed by atoms with Crippen molar-refractivity contribution in [3.05, 3.63) is 29.3 Å². The van der Waals surface area contributed by atoms with Crippen LogP contribution in [0.1, 0.15) is 11.1 Å². The monoisotopic (exact) mass is 346 g/mol. The third-order valence-corrected chi connectivity index (χ3v) is 2.07. The third-order valence-electron chi connectivity index (χ3n) is 1.43. The van der Waals surface area contributed by atoms with Crippen molar-refractivity contribution in [1.82, 2.24) is 0 Å². The van der Waals surface area contributed by atoms with Gasteiger partial charge in [0.25, 0.3) is 0 Å². The Morgan fingerprint density at radius 1 is 1.20 bits per heavy atom. The summed E-state index contributed by atoms with van der Waals surface area (Å²) in [5.41, 5.74) is 2.68. The Bertz CT molecular complexity index is 220. The van der Waals surface area contributed by atoms with Crippen molar-refractivity contribution in [3.63, 3.8) is 0 Å². The molecule has 0 bridgehead atoms. The van der Waals surface area contributed by atoms with Gasteiger partial charge < -0.3 is 0 Å². The van der Waals surface area contributed by atoms with Gasteiger partial charge in [-0.1, -0.05) is 23.8 Å². The molecule has 0 fully saturated rings. The molecule has 52 valence electrons.